The number of aromatic nitrogens is 6. The van der Waals surface area contributed by atoms with Crippen molar-refractivity contribution < 1.29 is 5.11 Å². The molecule has 1 fully saturated rings. The zero-order valence-electron chi connectivity index (χ0n) is 17.2. The van der Waals surface area contributed by atoms with Crippen LogP contribution in [0.4, 0.5) is 5.82 Å². The normalized spacial score (nSPS) is 20.1. The van der Waals surface area contributed by atoms with Crippen LogP contribution < -0.4 is 10.6 Å². The molecule has 1 atom stereocenters. The lowest BCUT2D eigenvalue weighted by atomic mass is 9.73. The number of aliphatic hydroxyl groups is 1. The molecule has 5 rings (SSSR count). The lowest BCUT2D eigenvalue weighted by molar-refractivity contribution is 0.170. The van der Waals surface area contributed by atoms with E-state index in [2.05, 4.69) is 15.1 Å². The molecule has 10 heteroatoms. The molecule has 0 aliphatic carbocycles. The average Bonchev–Trinajstić information content (AvgIpc) is 3.43. The summed E-state index contributed by atoms with van der Waals surface area (Å²) in [6, 6.07) is 3.99. The molecule has 3 aromatic rings. The Balaban J connectivity index is 1.36. The molecule has 1 spiro atoms. The fraction of sp³-hybridized carbons (Fsp3) is 0.500. The number of anilines is 1. The van der Waals surface area contributed by atoms with Gasteiger partial charge < -0.3 is 15.7 Å². The summed E-state index contributed by atoms with van der Waals surface area (Å²) >= 11 is 1.51. The van der Waals surface area contributed by atoms with Gasteiger partial charge in [-0.1, -0.05) is 0 Å². The summed E-state index contributed by atoms with van der Waals surface area (Å²) in [4.78, 5) is 11.8. The van der Waals surface area contributed by atoms with Gasteiger partial charge in [-0.25, -0.2) is 9.97 Å². The van der Waals surface area contributed by atoms with Crippen LogP contribution in [-0.4, -0.2) is 47.7 Å². The summed E-state index contributed by atoms with van der Waals surface area (Å²) in [5.41, 5.74) is 9.26. The average molecular weight is 427 g/mol. The van der Waals surface area contributed by atoms with Crippen molar-refractivity contribution in [3.63, 3.8) is 0 Å². The molecule has 158 valence electrons. The molecule has 30 heavy (non-hydrogen) atoms. The number of rotatable bonds is 4. The van der Waals surface area contributed by atoms with Crippen molar-refractivity contribution in [1.29, 1.82) is 0 Å². The maximum atomic E-state index is 10.00. The van der Waals surface area contributed by atoms with E-state index >= 15 is 0 Å². The molecule has 0 bridgehead atoms. The number of aliphatic hydroxyl groups excluding tert-OH is 1. The number of nitrogens with zero attached hydrogens (tertiary/aromatic N) is 7. The number of piperidine rings is 1. The molecule has 0 radical (unpaired) electrons. The number of fused-ring (bicyclic) bond motifs is 1. The first-order chi connectivity index (χ1) is 14.5. The van der Waals surface area contributed by atoms with Crippen LogP contribution in [0.2, 0.25) is 0 Å². The standard InChI is InChI=1S/C20H26N8OS/c1-13-19(30-16-4-8-22-26(16)2)25-14(11-29)18(24-13)27-9-5-20(6-10-27)12-28-15(17(20)21)3-7-23-28/h3-4,7-8,17,29H,5-6,9-12,21H2,1-2H3/t17-/m0/s1. The largest absolute Gasteiger partial charge is 0.390 e. The fourth-order valence-corrected chi connectivity index (χ4v) is 5.48. The van der Waals surface area contributed by atoms with Crippen LogP contribution in [0.5, 0.6) is 0 Å². The Kier molecular flexibility index (Phi) is 4.79. The summed E-state index contributed by atoms with van der Waals surface area (Å²) in [6.45, 7) is 4.38. The van der Waals surface area contributed by atoms with E-state index in [4.69, 9.17) is 15.7 Å². The monoisotopic (exact) mass is 426 g/mol. The Hall–Kier alpha value is -2.43. The van der Waals surface area contributed by atoms with Gasteiger partial charge in [0.15, 0.2) is 5.82 Å². The SMILES string of the molecule is Cc1nc(N2CCC3(CC2)Cn2nccc2[C@@H]3N)c(CO)nc1Sc1ccnn1C. The second-order valence-corrected chi connectivity index (χ2v) is 9.19. The highest BCUT2D eigenvalue weighted by Crippen LogP contribution is 2.48. The van der Waals surface area contributed by atoms with Crippen molar-refractivity contribution in [3.05, 3.63) is 41.6 Å². The number of hydrogen-bond acceptors (Lipinski definition) is 8. The summed E-state index contributed by atoms with van der Waals surface area (Å²) < 4.78 is 3.85. The molecule has 0 aromatic carbocycles. The first-order valence-corrected chi connectivity index (χ1v) is 11.0. The summed E-state index contributed by atoms with van der Waals surface area (Å²) in [6.07, 6.45) is 5.52. The van der Waals surface area contributed by atoms with Crippen LogP contribution in [0.3, 0.4) is 0 Å². The van der Waals surface area contributed by atoms with E-state index in [9.17, 15) is 5.11 Å². The zero-order chi connectivity index (χ0) is 20.9. The molecule has 2 aliphatic heterocycles. The van der Waals surface area contributed by atoms with Crippen molar-refractivity contribution in [3.8, 4) is 0 Å². The summed E-state index contributed by atoms with van der Waals surface area (Å²) in [5, 5.41) is 20.4. The smallest absolute Gasteiger partial charge is 0.153 e. The van der Waals surface area contributed by atoms with E-state index in [1.54, 1.807) is 10.9 Å². The highest BCUT2D eigenvalue weighted by molar-refractivity contribution is 7.99. The Labute approximate surface area is 179 Å². The van der Waals surface area contributed by atoms with E-state index in [1.807, 2.05) is 37.0 Å². The van der Waals surface area contributed by atoms with Gasteiger partial charge in [0.2, 0.25) is 0 Å². The Bertz CT molecular complexity index is 1070. The first-order valence-electron chi connectivity index (χ1n) is 10.2. The second-order valence-electron chi connectivity index (χ2n) is 8.18. The van der Waals surface area contributed by atoms with Crippen molar-refractivity contribution >= 4 is 17.6 Å². The topological polar surface area (TPSA) is 111 Å². The third kappa shape index (κ3) is 3.10. The fourth-order valence-electron chi connectivity index (χ4n) is 4.62. The van der Waals surface area contributed by atoms with Crippen LogP contribution in [0.15, 0.2) is 34.6 Å². The molecule has 3 aromatic heterocycles. The molecule has 0 saturated carbocycles. The third-order valence-corrected chi connectivity index (χ3v) is 7.65. The summed E-state index contributed by atoms with van der Waals surface area (Å²) in [5.74, 6) is 0.781. The molecule has 5 heterocycles. The molecular weight excluding hydrogens is 400 g/mol. The number of aryl methyl sites for hydroxylation is 2. The van der Waals surface area contributed by atoms with Crippen LogP contribution in [-0.2, 0) is 20.2 Å². The zero-order valence-corrected chi connectivity index (χ0v) is 18.0. The Morgan fingerprint density at radius 1 is 1.20 bits per heavy atom. The molecule has 0 amide bonds. The van der Waals surface area contributed by atoms with Crippen LogP contribution in [0.25, 0.3) is 0 Å². The van der Waals surface area contributed by atoms with Crippen LogP contribution >= 0.6 is 11.8 Å². The first kappa shape index (κ1) is 19.5. The summed E-state index contributed by atoms with van der Waals surface area (Å²) in [7, 11) is 1.90. The minimum atomic E-state index is -0.141. The minimum absolute atomic E-state index is 0.0185. The van der Waals surface area contributed by atoms with E-state index in [1.165, 1.54) is 11.8 Å². The Morgan fingerprint density at radius 3 is 2.63 bits per heavy atom. The van der Waals surface area contributed by atoms with E-state index in [-0.39, 0.29) is 18.1 Å². The van der Waals surface area contributed by atoms with Gasteiger partial charge in [-0.3, -0.25) is 9.36 Å². The molecule has 0 unspecified atom stereocenters. The molecular formula is C20H26N8OS. The van der Waals surface area contributed by atoms with Crippen molar-refractivity contribution in [1.82, 2.24) is 29.5 Å². The van der Waals surface area contributed by atoms with Crippen molar-refractivity contribution in [2.45, 2.75) is 49.0 Å². The third-order valence-electron chi connectivity index (χ3n) is 6.46. The Morgan fingerprint density at radius 2 is 1.97 bits per heavy atom. The van der Waals surface area contributed by atoms with Gasteiger partial charge in [-0.05, 0) is 43.7 Å². The maximum Gasteiger partial charge on any atom is 0.153 e. The van der Waals surface area contributed by atoms with Crippen LogP contribution in [0, 0.1) is 12.3 Å². The second kappa shape index (κ2) is 7.36. The molecule has 3 N–H and O–H groups in total. The highest BCUT2D eigenvalue weighted by atomic mass is 32.2. The van der Waals surface area contributed by atoms with Crippen molar-refractivity contribution in [2.24, 2.45) is 18.2 Å². The quantitative estimate of drug-likeness (QED) is 0.648. The molecule has 2 aliphatic rings. The number of hydrogen-bond donors (Lipinski definition) is 2. The lowest BCUT2D eigenvalue weighted by Gasteiger charge is -2.42. The van der Waals surface area contributed by atoms with E-state index in [0.717, 1.165) is 59.7 Å². The lowest BCUT2D eigenvalue weighted by Crippen LogP contribution is -2.45. The van der Waals surface area contributed by atoms with Gasteiger partial charge in [-0.15, -0.1) is 0 Å². The maximum absolute atomic E-state index is 10.00. The van der Waals surface area contributed by atoms with E-state index < -0.39 is 0 Å². The molecule has 1 saturated heterocycles. The van der Waals surface area contributed by atoms with Crippen molar-refractivity contribution in [2.75, 3.05) is 18.0 Å². The van der Waals surface area contributed by atoms with Crippen LogP contribution in [0.1, 0.15) is 36.0 Å². The highest BCUT2D eigenvalue weighted by Gasteiger charge is 2.47. The van der Waals surface area contributed by atoms with Gasteiger partial charge in [0.25, 0.3) is 0 Å². The van der Waals surface area contributed by atoms with Gasteiger partial charge in [0.05, 0.1) is 35.3 Å². The minimum Gasteiger partial charge on any atom is -0.390 e. The number of nitrogens with two attached hydrogens (primary N) is 1. The molecule has 9 nitrogen and oxygen atoms in total. The van der Waals surface area contributed by atoms with Gasteiger partial charge >= 0.3 is 0 Å². The predicted molar refractivity (Wildman–Crippen MR) is 113 cm³/mol. The van der Waals surface area contributed by atoms with E-state index in [0.29, 0.717) is 5.69 Å². The van der Waals surface area contributed by atoms with Gasteiger partial charge in [0.1, 0.15) is 10.7 Å². The van der Waals surface area contributed by atoms with Gasteiger partial charge in [0, 0.05) is 38.3 Å². The predicted octanol–water partition coefficient (Wildman–Crippen LogP) is 1.66. The van der Waals surface area contributed by atoms with Gasteiger partial charge in [-0.2, -0.15) is 10.2 Å².